The molecule has 0 fully saturated rings. The lowest BCUT2D eigenvalue weighted by Gasteiger charge is -2.22. The molecule has 1 aromatic heterocycles. The molecule has 0 spiro atoms. The molecule has 0 saturated heterocycles. The molecule has 0 bridgehead atoms. The Bertz CT molecular complexity index is 599. The summed E-state index contributed by atoms with van der Waals surface area (Å²) in [5.41, 5.74) is 9.11. The van der Waals surface area contributed by atoms with E-state index in [2.05, 4.69) is 51.3 Å². The van der Waals surface area contributed by atoms with Gasteiger partial charge in [0.2, 0.25) is 0 Å². The molecule has 0 saturated carbocycles. The van der Waals surface area contributed by atoms with E-state index in [1.807, 2.05) is 0 Å². The number of ether oxygens (including phenoxy) is 1. The van der Waals surface area contributed by atoms with Gasteiger partial charge in [0.15, 0.2) is 0 Å². The summed E-state index contributed by atoms with van der Waals surface area (Å²) in [5, 5.41) is 3.29. The number of aromatic nitrogens is 1. The van der Waals surface area contributed by atoms with Gasteiger partial charge in [-0.15, -0.1) is 11.3 Å². The average Bonchev–Trinajstić information content (AvgIpc) is 2.92. The van der Waals surface area contributed by atoms with Crippen LogP contribution in [0.25, 0.3) is 0 Å². The third kappa shape index (κ3) is 4.08. The molecular weight excluding hydrogens is 292 g/mol. The van der Waals surface area contributed by atoms with Crippen LogP contribution in [0.3, 0.4) is 0 Å². The molecule has 1 heterocycles. The van der Waals surface area contributed by atoms with E-state index >= 15 is 0 Å². The minimum atomic E-state index is 0.0219. The van der Waals surface area contributed by atoms with E-state index < -0.39 is 0 Å². The lowest BCUT2D eigenvalue weighted by Crippen LogP contribution is -2.21. The molecule has 0 aliphatic rings. The Morgan fingerprint density at radius 3 is 2.55 bits per heavy atom. The van der Waals surface area contributed by atoms with E-state index in [1.54, 1.807) is 11.3 Å². The van der Waals surface area contributed by atoms with Crippen molar-refractivity contribution in [2.45, 2.75) is 46.0 Å². The third-order valence-electron chi connectivity index (χ3n) is 3.91. The van der Waals surface area contributed by atoms with Crippen LogP contribution < -0.4 is 10.5 Å². The fourth-order valence-corrected chi connectivity index (χ4v) is 3.43. The molecule has 2 aromatic rings. The Labute approximate surface area is 137 Å². The molecule has 1 aromatic carbocycles. The van der Waals surface area contributed by atoms with E-state index in [9.17, 15) is 0 Å². The van der Waals surface area contributed by atoms with E-state index in [0.717, 1.165) is 24.3 Å². The van der Waals surface area contributed by atoms with E-state index in [-0.39, 0.29) is 5.41 Å². The molecule has 0 amide bonds. The number of thiazole rings is 1. The van der Waals surface area contributed by atoms with Crippen LogP contribution in [0, 0.1) is 13.8 Å². The number of aryl methyl sites for hydroxylation is 2. The van der Waals surface area contributed by atoms with Crippen molar-refractivity contribution in [3.63, 3.8) is 0 Å². The summed E-state index contributed by atoms with van der Waals surface area (Å²) >= 11 is 1.73. The molecule has 22 heavy (non-hydrogen) atoms. The smallest absolute Gasteiger partial charge is 0.125 e. The maximum absolute atomic E-state index is 6.04. The highest BCUT2D eigenvalue weighted by atomic mass is 32.1. The lowest BCUT2D eigenvalue weighted by atomic mass is 9.90. The topological polar surface area (TPSA) is 48.1 Å². The molecule has 0 aliphatic carbocycles. The van der Waals surface area contributed by atoms with Crippen molar-refractivity contribution < 1.29 is 4.74 Å². The maximum atomic E-state index is 6.04. The molecule has 2 rings (SSSR count). The molecule has 0 aliphatic heterocycles. The van der Waals surface area contributed by atoms with Gasteiger partial charge in [-0.1, -0.05) is 32.0 Å². The van der Waals surface area contributed by atoms with Crippen LogP contribution in [-0.2, 0) is 11.8 Å². The van der Waals surface area contributed by atoms with Crippen LogP contribution in [-0.4, -0.2) is 18.1 Å². The number of hydrogen-bond donors (Lipinski definition) is 1. The largest absolute Gasteiger partial charge is 0.493 e. The first-order chi connectivity index (χ1) is 10.4. The van der Waals surface area contributed by atoms with Crippen molar-refractivity contribution >= 4 is 11.3 Å². The first kappa shape index (κ1) is 17.0. The van der Waals surface area contributed by atoms with Gasteiger partial charge in [-0.25, -0.2) is 4.98 Å². The zero-order valence-electron chi connectivity index (χ0n) is 14.0. The van der Waals surface area contributed by atoms with Gasteiger partial charge >= 0.3 is 0 Å². The molecule has 4 heteroatoms. The second-order valence-corrected chi connectivity index (χ2v) is 7.24. The highest BCUT2D eigenvalue weighted by molar-refractivity contribution is 7.09. The Morgan fingerprint density at radius 1 is 1.23 bits per heavy atom. The fourth-order valence-electron chi connectivity index (χ4n) is 2.42. The Morgan fingerprint density at radius 2 is 1.91 bits per heavy atom. The van der Waals surface area contributed by atoms with Gasteiger partial charge in [0.25, 0.3) is 0 Å². The van der Waals surface area contributed by atoms with Crippen LogP contribution in [0.1, 0.15) is 42.1 Å². The highest BCUT2D eigenvalue weighted by Crippen LogP contribution is 2.31. The summed E-state index contributed by atoms with van der Waals surface area (Å²) in [5.74, 6) is 1.02. The first-order valence-corrected chi connectivity index (χ1v) is 8.66. The summed E-state index contributed by atoms with van der Waals surface area (Å²) < 4.78 is 6.04. The number of benzene rings is 1. The zero-order chi connectivity index (χ0) is 16.2. The summed E-state index contributed by atoms with van der Waals surface area (Å²) in [6.45, 7) is 9.99. The minimum Gasteiger partial charge on any atom is -0.493 e. The lowest BCUT2D eigenvalue weighted by molar-refractivity contribution is 0.269. The SMILES string of the molecule is Cc1cccc(C)c1OCCC(C)(C)c1nc(CCN)cs1. The number of para-hydroxylation sites is 1. The van der Waals surface area contributed by atoms with Crippen molar-refractivity contribution in [1.29, 1.82) is 0 Å². The van der Waals surface area contributed by atoms with E-state index in [1.165, 1.54) is 16.1 Å². The van der Waals surface area contributed by atoms with Crippen molar-refractivity contribution in [2.24, 2.45) is 5.73 Å². The van der Waals surface area contributed by atoms with Gasteiger partial charge in [-0.3, -0.25) is 0 Å². The Hall–Kier alpha value is -1.39. The summed E-state index contributed by atoms with van der Waals surface area (Å²) in [6.07, 6.45) is 1.79. The predicted molar refractivity (Wildman–Crippen MR) is 93.9 cm³/mol. The monoisotopic (exact) mass is 318 g/mol. The van der Waals surface area contributed by atoms with Crippen LogP contribution in [0.15, 0.2) is 23.6 Å². The van der Waals surface area contributed by atoms with Crippen molar-refractivity contribution in [3.8, 4) is 5.75 Å². The summed E-state index contributed by atoms with van der Waals surface area (Å²) in [6, 6.07) is 6.25. The van der Waals surface area contributed by atoms with Crippen LogP contribution >= 0.6 is 11.3 Å². The fraction of sp³-hybridized carbons (Fsp3) is 0.500. The standard InChI is InChI=1S/C18H26N2OS/c1-13-6-5-7-14(2)16(13)21-11-9-18(3,4)17-20-15(8-10-19)12-22-17/h5-7,12H,8-11,19H2,1-4H3. The normalized spacial score (nSPS) is 11.7. The number of rotatable bonds is 7. The molecular formula is C18H26N2OS. The summed E-state index contributed by atoms with van der Waals surface area (Å²) in [4.78, 5) is 4.72. The molecule has 0 atom stereocenters. The summed E-state index contributed by atoms with van der Waals surface area (Å²) in [7, 11) is 0. The van der Waals surface area contributed by atoms with Gasteiger partial charge in [0, 0.05) is 17.2 Å². The predicted octanol–water partition coefficient (Wildman–Crippen LogP) is 4.01. The second-order valence-electron chi connectivity index (χ2n) is 6.39. The molecule has 0 radical (unpaired) electrons. The number of hydrogen-bond acceptors (Lipinski definition) is 4. The van der Waals surface area contributed by atoms with Crippen LogP contribution in [0.2, 0.25) is 0 Å². The maximum Gasteiger partial charge on any atom is 0.125 e. The third-order valence-corrected chi connectivity index (χ3v) is 5.17. The van der Waals surface area contributed by atoms with E-state index in [0.29, 0.717) is 13.2 Å². The Balaban J connectivity index is 1.97. The van der Waals surface area contributed by atoms with Gasteiger partial charge in [0.1, 0.15) is 5.75 Å². The van der Waals surface area contributed by atoms with Crippen molar-refractivity contribution in [3.05, 3.63) is 45.4 Å². The highest BCUT2D eigenvalue weighted by Gasteiger charge is 2.24. The quantitative estimate of drug-likeness (QED) is 0.839. The van der Waals surface area contributed by atoms with Crippen LogP contribution in [0.4, 0.5) is 0 Å². The van der Waals surface area contributed by atoms with Crippen molar-refractivity contribution in [2.75, 3.05) is 13.2 Å². The van der Waals surface area contributed by atoms with Gasteiger partial charge in [0.05, 0.1) is 17.3 Å². The van der Waals surface area contributed by atoms with E-state index in [4.69, 9.17) is 15.5 Å². The average molecular weight is 318 g/mol. The second kappa shape index (κ2) is 7.25. The molecule has 3 nitrogen and oxygen atoms in total. The van der Waals surface area contributed by atoms with Crippen LogP contribution in [0.5, 0.6) is 5.75 Å². The Kier molecular flexibility index (Phi) is 5.59. The number of nitrogens with two attached hydrogens (primary N) is 1. The van der Waals surface area contributed by atoms with Gasteiger partial charge < -0.3 is 10.5 Å². The molecule has 120 valence electrons. The van der Waals surface area contributed by atoms with Gasteiger partial charge in [-0.2, -0.15) is 0 Å². The zero-order valence-corrected chi connectivity index (χ0v) is 14.8. The molecule has 0 unspecified atom stereocenters. The first-order valence-electron chi connectivity index (χ1n) is 7.78. The van der Waals surface area contributed by atoms with Crippen molar-refractivity contribution in [1.82, 2.24) is 4.98 Å². The molecule has 2 N–H and O–H groups in total. The number of nitrogens with zero attached hydrogens (tertiary/aromatic N) is 1. The van der Waals surface area contributed by atoms with Gasteiger partial charge in [-0.05, 0) is 37.9 Å². The minimum absolute atomic E-state index is 0.0219.